The molecule has 0 radical (unpaired) electrons. The number of aliphatic carboxylic acids is 1. The number of nitrogens with one attached hydrogen (secondary N) is 1. The van der Waals surface area contributed by atoms with E-state index in [4.69, 9.17) is 24.4 Å². The van der Waals surface area contributed by atoms with Crippen molar-refractivity contribution >= 4 is 29.5 Å². The number of carbonyl (C=O) groups is 2. The average Bonchev–Trinajstić information content (AvgIpc) is 2.79. The Balaban J connectivity index is 2.29. The van der Waals surface area contributed by atoms with Crippen LogP contribution < -0.4 is 10.1 Å². The highest BCUT2D eigenvalue weighted by Crippen LogP contribution is 2.29. The molecular formula is C23H27NO7S. The van der Waals surface area contributed by atoms with Crippen LogP contribution in [-0.4, -0.2) is 54.5 Å². The number of hydrogen-bond acceptors (Lipinski definition) is 7. The fourth-order valence-electron chi connectivity index (χ4n) is 2.82. The van der Waals surface area contributed by atoms with Crippen LogP contribution in [-0.2, 0) is 14.3 Å². The van der Waals surface area contributed by atoms with Crippen molar-refractivity contribution in [2.75, 3.05) is 31.4 Å². The summed E-state index contributed by atoms with van der Waals surface area (Å²) in [4.78, 5) is 24.8. The van der Waals surface area contributed by atoms with E-state index in [0.29, 0.717) is 17.0 Å². The van der Waals surface area contributed by atoms with Crippen molar-refractivity contribution < 1.29 is 34.0 Å². The van der Waals surface area contributed by atoms with Gasteiger partial charge in [0.05, 0.1) is 6.61 Å². The van der Waals surface area contributed by atoms with Crippen LogP contribution in [0.15, 0.2) is 65.6 Å². The third-order valence-corrected chi connectivity index (χ3v) is 4.95. The maximum absolute atomic E-state index is 12.7. The molecule has 8 nitrogen and oxygen atoms in total. The molecule has 3 N–H and O–H groups in total. The molecule has 2 aromatic rings. The topological polar surface area (TPSA) is 114 Å². The van der Waals surface area contributed by atoms with E-state index in [9.17, 15) is 9.59 Å². The van der Waals surface area contributed by atoms with Crippen LogP contribution in [0.25, 0.3) is 0 Å². The van der Waals surface area contributed by atoms with Crippen LogP contribution >= 0.6 is 11.8 Å². The fraction of sp³-hybridized carbons (Fsp3) is 0.304. The molecule has 0 aromatic heterocycles. The van der Waals surface area contributed by atoms with Crippen LogP contribution in [0, 0.1) is 0 Å². The maximum atomic E-state index is 12.7. The van der Waals surface area contributed by atoms with Crippen molar-refractivity contribution in [1.29, 1.82) is 0 Å². The number of hydrogen-bond donors (Lipinski definition) is 3. The fourth-order valence-corrected chi connectivity index (χ4v) is 3.23. The van der Waals surface area contributed by atoms with Crippen molar-refractivity contribution in [3.05, 3.63) is 66.2 Å². The van der Waals surface area contributed by atoms with E-state index in [1.165, 1.54) is 6.08 Å². The van der Waals surface area contributed by atoms with Gasteiger partial charge in [-0.3, -0.25) is 5.32 Å². The lowest BCUT2D eigenvalue weighted by Crippen LogP contribution is -2.28. The molecule has 32 heavy (non-hydrogen) atoms. The Bertz CT molecular complexity index is 901. The second kappa shape index (κ2) is 13.4. The van der Waals surface area contributed by atoms with Gasteiger partial charge in [0, 0.05) is 23.3 Å². The van der Waals surface area contributed by atoms with Crippen molar-refractivity contribution in [2.45, 2.75) is 24.0 Å². The van der Waals surface area contributed by atoms with Crippen LogP contribution in [0.1, 0.15) is 18.6 Å². The minimum Gasteiger partial charge on any atom is -0.491 e. The van der Waals surface area contributed by atoms with Crippen molar-refractivity contribution in [3.63, 3.8) is 0 Å². The Kier molecular flexibility index (Phi) is 10.6. The predicted molar refractivity (Wildman–Crippen MR) is 122 cm³/mol. The van der Waals surface area contributed by atoms with E-state index in [1.807, 2.05) is 18.4 Å². The Hall–Kier alpha value is -3.01. The second-order valence-corrected chi connectivity index (χ2v) is 7.32. The highest BCUT2D eigenvalue weighted by atomic mass is 32.2. The minimum atomic E-state index is -1.15. The summed E-state index contributed by atoms with van der Waals surface area (Å²) in [5.41, 5.74) is 1.10. The number of carboxylic acid groups (broad SMARTS) is 1. The third-order valence-electron chi connectivity index (χ3n) is 4.20. The van der Waals surface area contributed by atoms with Gasteiger partial charge in [-0.15, -0.1) is 11.8 Å². The van der Waals surface area contributed by atoms with Gasteiger partial charge in [-0.2, -0.15) is 0 Å². The molecule has 0 saturated heterocycles. The Labute approximate surface area is 191 Å². The normalized spacial score (nSPS) is 12.8. The van der Waals surface area contributed by atoms with E-state index in [1.54, 1.807) is 55.1 Å². The van der Waals surface area contributed by atoms with E-state index in [2.05, 4.69) is 5.32 Å². The largest absolute Gasteiger partial charge is 0.491 e. The summed E-state index contributed by atoms with van der Waals surface area (Å²) in [5, 5.41) is 20.7. The second-order valence-electron chi connectivity index (χ2n) is 6.44. The molecule has 9 heteroatoms. The van der Waals surface area contributed by atoms with Gasteiger partial charge in [-0.25, -0.2) is 9.59 Å². The number of benzene rings is 2. The number of amides is 1. The van der Waals surface area contributed by atoms with Gasteiger partial charge >= 0.3 is 12.1 Å². The molecule has 0 unspecified atom stereocenters. The van der Waals surface area contributed by atoms with E-state index < -0.39 is 24.3 Å². The molecule has 0 heterocycles. The Morgan fingerprint density at radius 3 is 2.56 bits per heavy atom. The lowest BCUT2D eigenvalue weighted by molar-refractivity contribution is -0.131. The first-order chi connectivity index (χ1) is 15.5. The molecule has 2 aromatic carbocycles. The maximum Gasteiger partial charge on any atom is 0.412 e. The summed E-state index contributed by atoms with van der Waals surface area (Å²) < 4.78 is 16.8. The van der Waals surface area contributed by atoms with Gasteiger partial charge in [-0.05, 0) is 61.2 Å². The highest BCUT2D eigenvalue weighted by molar-refractivity contribution is 7.98. The standard InChI is InChI=1S/C23H27NO7S/c1-3-29-20(11-12-21(26)27)22(16-5-4-6-18(15-16)30-14-13-25)31-23(28)24-17-7-9-19(32-2)10-8-17/h4-12,15,20,22,25H,3,13-14H2,1-2H3,(H,24,28)(H,26,27)/b12-11+/t20-,22-/m0/s1. The van der Waals surface area contributed by atoms with E-state index >= 15 is 0 Å². The zero-order chi connectivity index (χ0) is 23.3. The first-order valence-corrected chi connectivity index (χ1v) is 11.2. The van der Waals surface area contributed by atoms with Crippen LogP contribution in [0.4, 0.5) is 10.5 Å². The predicted octanol–water partition coefficient (Wildman–Crippen LogP) is 4.12. The molecular weight excluding hydrogens is 434 g/mol. The average molecular weight is 462 g/mol. The smallest absolute Gasteiger partial charge is 0.412 e. The number of aliphatic hydroxyl groups excluding tert-OH is 1. The van der Waals surface area contributed by atoms with Crippen molar-refractivity contribution in [3.8, 4) is 5.75 Å². The minimum absolute atomic E-state index is 0.106. The summed E-state index contributed by atoms with van der Waals surface area (Å²) in [6.45, 7) is 1.99. The molecule has 0 fully saturated rings. The Morgan fingerprint density at radius 1 is 1.19 bits per heavy atom. The van der Waals surface area contributed by atoms with Crippen molar-refractivity contribution in [1.82, 2.24) is 0 Å². The molecule has 0 spiro atoms. The van der Waals surface area contributed by atoms with Crippen LogP contribution in [0.3, 0.4) is 0 Å². The van der Waals surface area contributed by atoms with Crippen LogP contribution in [0.2, 0.25) is 0 Å². The highest BCUT2D eigenvalue weighted by Gasteiger charge is 2.27. The van der Waals surface area contributed by atoms with Gasteiger partial charge in [0.1, 0.15) is 18.5 Å². The number of thioether (sulfide) groups is 1. The lowest BCUT2D eigenvalue weighted by atomic mass is 10.0. The van der Waals surface area contributed by atoms with Gasteiger partial charge in [0.25, 0.3) is 0 Å². The molecule has 0 saturated carbocycles. The number of ether oxygens (including phenoxy) is 3. The number of carboxylic acids is 1. The van der Waals surface area contributed by atoms with Gasteiger partial charge < -0.3 is 24.4 Å². The molecule has 2 atom stereocenters. The zero-order valence-corrected chi connectivity index (χ0v) is 18.7. The molecule has 0 aliphatic carbocycles. The molecule has 1 amide bonds. The monoisotopic (exact) mass is 461 g/mol. The molecule has 0 aliphatic heterocycles. The first kappa shape index (κ1) is 25.3. The summed E-state index contributed by atoms with van der Waals surface area (Å²) in [6, 6.07) is 14.1. The van der Waals surface area contributed by atoms with Gasteiger partial charge in [-0.1, -0.05) is 12.1 Å². The summed E-state index contributed by atoms with van der Waals surface area (Å²) in [7, 11) is 0. The Morgan fingerprint density at radius 2 is 1.94 bits per heavy atom. The quantitative estimate of drug-likeness (QED) is 0.320. The number of aliphatic hydroxyl groups is 1. The molecule has 0 aliphatic rings. The number of anilines is 1. The summed E-state index contributed by atoms with van der Waals surface area (Å²) in [6.07, 6.45) is 1.71. The van der Waals surface area contributed by atoms with Crippen LogP contribution in [0.5, 0.6) is 5.75 Å². The van der Waals surface area contributed by atoms with E-state index in [-0.39, 0.29) is 19.8 Å². The molecule has 172 valence electrons. The van der Waals surface area contributed by atoms with Crippen molar-refractivity contribution in [2.24, 2.45) is 0 Å². The third kappa shape index (κ3) is 8.26. The summed E-state index contributed by atoms with van der Waals surface area (Å²) >= 11 is 1.58. The lowest BCUT2D eigenvalue weighted by Gasteiger charge is -2.25. The molecule has 2 rings (SSSR count). The number of carbonyl (C=O) groups excluding carboxylic acids is 1. The summed E-state index contributed by atoms with van der Waals surface area (Å²) in [5.74, 6) is -0.678. The van der Waals surface area contributed by atoms with Gasteiger partial charge in [0.2, 0.25) is 0 Å². The van der Waals surface area contributed by atoms with Gasteiger partial charge in [0.15, 0.2) is 6.10 Å². The first-order valence-electron chi connectivity index (χ1n) is 9.94. The zero-order valence-electron chi connectivity index (χ0n) is 17.9. The molecule has 0 bridgehead atoms. The van der Waals surface area contributed by atoms with E-state index in [0.717, 1.165) is 11.0 Å². The number of rotatable bonds is 12. The SMILES string of the molecule is CCO[C@@H](/C=C/C(=O)O)[C@@H](OC(=O)Nc1ccc(SC)cc1)c1cccc(OCCO)c1.